The Labute approximate surface area is 132 Å². The lowest BCUT2D eigenvalue weighted by Crippen LogP contribution is -2.49. The van der Waals surface area contributed by atoms with Crippen LogP contribution in [0, 0.1) is 5.92 Å². The van der Waals surface area contributed by atoms with Gasteiger partial charge < -0.3 is 14.4 Å². The van der Waals surface area contributed by atoms with E-state index in [4.69, 9.17) is 9.47 Å². The third-order valence-electron chi connectivity index (χ3n) is 3.59. The lowest BCUT2D eigenvalue weighted by atomic mass is 10.2. The van der Waals surface area contributed by atoms with Crippen molar-refractivity contribution in [1.82, 2.24) is 9.80 Å². The molecule has 0 unspecified atom stereocenters. The first-order valence-corrected chi connectivity index (χ1v) is 7.97. The highest BCUT2D eigenvalue weighted by atomic mass is 16.6. The molecule has 0 radical (unpaired) electrons. The summed E-state index contributed by atoms with van der Waals surface area (Å²) >= 11 is 0. The molecule has 1 heterocycles. The van der Waals surface area contributed by atoms with Crippen LogP contribution >= 0.6 is 0 Å². The van der Waals surface area contributed by atoms with Crippen LogP contribution in [0.5, 0.6) is 5.75 Å². The molecule has 1 aromatic rings. The van der Waals surface area contributed by atoms with E-state index < -0.39 is 0 Å². The highest BCUT2D eigenvalue weighted by molar-refractivity contribution is 5.67. The van der Waals surface area contributed by atoms with Gasteiger partial charge in [0.15, 0.2) is 0 Å². The fourth-order valence-corrected chi connectivity index (χ4v) is 2.29. The summed E-state index contributed by atoms with van der Waals surface area (Å²) in [7, 11) is 0. The molecule has 0 aromatic heterocycles. The molecule has 0 bridgehead atoms. The van der Waals surface area contributed by atoms with Crippen LogP contribution in [-0.4, -0.2) is 61.8 Å². The molecule has 0 N–H and O–H groups in total. The number of carbonyl (C=O) groups excluding carboxylic acids is 1. The summed E-state index contributed by atoms with van der Waals surface area (Å²) in [5.41, 5.74) is 0. The molecule has 0 aliphatic carbocycles. The number of nitrogens with zero attached hydrogens (tertiary/aromatic N) is 2. The average Bonchev–Trinajstić information content (AvgIpc) is 2.54. The lowest BCUT2D eigenvalue weighted by Gasteiger charge is -2.34. The van der Waals surface area contributed by atoms with Crippen molar-refractivity contribution in [3.05, 3.63) is 30.3 Å². The minimum atomic E-state index is -0.186. The predicted molar refractivity (Wildman–Crippen MR) is 86.1 cm³/mol. The molecule has 0 spiro atoms. The van der Waals surface area contributed by atoms with E-state index in [1.807, 2.05) is 44.2 Å². The maximum absolute atomic E-state index is 11.9. The summed E-state index contributed by atoms with van der Waals surface area (Å²) in [6.07, 6.45) is -0.186. The van der Waals surface area contributed by atoms with E-state index in [0.717, 1.165) is 38.5 Å². The van der Waals surface area contributed by atoms with Gasteiger partial charge in [-0.25, -0.2) is 4.79 Å². The monoisotopic (exact) mass is 306 g/mol. The van der Waals surface area contributed by atoms with Crippen LogP contribution in [-0.2, 0) is 4.74 Å². The van der Waals surface area contributed by atoms with Gasteiger partial charge in [-0.05, 0) is 18.1 Å². The Hall–Kier alpha value is -1.75. The van der Waals surface area contributed by atoms with Crippen molar-refractivity contribution in [3.8, 4) is 5.75 Å². The fraction of sp³-hybridized carbons (Fsp3) is 0.588. The first kappa shape index (κ1) is 16.6. The number of piperazine rings is 1. The van der Waals surface area contributed by atoms with Crippen molar-refractivity contribution in [1.29, 1.82) is 0 Å². The second kappa shape index (κ2) is 8.63. The topological polar surface area (TPSA) is 42.0 Å². The van der Waals surface area contributed by atoms with Gasteiger partial charge >= 0.3 is 6.09 Å². The molecule has 22 heavy (non-hydrogen) atoms. The molecule has 1 fully saturated rings. The number of amides is 1. The molecule has 0 atom stereocenters. The molecule has 1 aromatic carbocycles. The minimum absolute atomic E-state index is 0.186. The highest BCUT2D eigenvalue weighted by Gasteiger charge is 2.22. The van der Waals surface area contributed by atoms with Crippen molar-refractivity contribution >= 4 is 6.09 Å². The van der Waals surface area contributed by atoms with E-state index in [1.165, 1.54) is 0 Å². The Morgan fingerprint density at radius 2 is 1.82 bits per heavy atom. The van der Waals surface area contributed by atoms with Crippen molar-refractivity contribution in [3.63, 3.8) is 0 Å². The van der Waals surface area contributed by atoms with Crippen LogP contribution in [0.4, 0.5) is 4.79 Å². The minimum Gasteiger partial charge on any atom is -0.492 e. The van der Waals surface area contributed by atoms with Crippen LogP contribution in [0.1, 0.15) is 13.8 Å². The first-order valence-electron chi connectivity index (χ1n) is 7.97. The van der Waals surface area contributed by atoms with Crippen LogP contribution in [0.15, 0.2) is 30.3 Å². The van der Waals surface area contributed by atoms with E-state index >= 15 is 0 Å². The van der Waals surface area contributed by atoms with E-state index in [2.05, 4.69) is 4.90 Å². The molecule has 1 aliphatic rings. The van der Waals surface area contributed by atoms with Crippen LogP contribution in [0.2, 0.25) is 0 Å². The molecule has 2 rings (SSSR count). The normalized spacial score (nSPS) is 15.9. The van der Waals surface area contributed by atoms with Gasteiger partial charge in [-0.1, -0.05) is 32.0 Å². The van der Waals surface area contributed by atoms with Crippen molar-refractivity contribution < 1.29 is 14.3 Å². The van der Waals surface area contributed by atoms with Gasteiger partial charge in [0, 0.05) is 32.7 Å². The zero-order chi connectivity index (χ0) is 15.8. The van der Waals surface area contributed by atoms with E-state index in [-0.39, 0.29) is 6.09 Å². The van der Waals surface area contributed by atoms with Gasteiger partial charge in [0.1, 0.15) is 12.4 Å². The summed E-state index contributed by atoms with van der Waals surface area (Å²) in [4.78, 5) is 16.0. The number of para-hydroxylation sites is 1. The Bertz CT molecular complexity index is 442. The second-order valence-electron chi connectivity index (χ2n) is 5.96. The summed E-state index contributed by atoms with van der Waals surface area (Å²) in [6, 6.07) is 9.84. The van der Waals surface area contributed by atoms with Gasteiger partial charge in [-0.15, -0.1) is 0 Å². The number of hydrogen-bond donors (Lipinski definition) is 0. The van der Waals surface area contributed by atoms with Crippen molar-refractivity contribution in [2.24, 2.45) is 5.92 Å². The fourth-order valence-electron chi connectivity index (χ4n) is 2.29. The zero-order valence-corrected chi connectivity index (χ0v) is 13.5. The molecule has 122 valence electrons. The van der Waals surface area contributed by atoms with Crippen molar-refractivity contribution in [2.45, 2.75) is 13.8 Å². The Morgan fingerprint density at radius 3 is 2.45 bits per heavy atom. The summed E-state index contributed by atoms with van der Waals surface area (Å²) in [5.74, 6) is 1.28. The van der Waals surface area contributed by atoms with Gasteiger partial charge in [0.05, 0.1) is 6.61 Å². The third-order valence-corrected chi connectivity index (χ3v) is 3.59. The third kappa shape index (κ3) is 5.56. The van der Waals surface area contributed by atoms with Gasteiger partial charge in [-0.3, -0.25) is 4.90 Å². The van der Waals surface area contributed by atoms with Gasteiger partial charge in [0.2, 0.25) is 0 Å². The van der Waals surface area contributed by atoms with Crippen LogP contribution in [0.25, 0.3) is 0 Å². The van der Waals surface area contributed by atoms with E-state index in [9.17, 15) is 4.79 Å². The quantitative estimate of drug-likeness (QED) is 0.810. The molecule has 5 heteroatoms. The Balaban J connectivity index is 1.61. The first-order chi connectivity index (χ1) is 10.6. The van der Waals surface area contributed by atoms with Gasteiger partial charge in [-0.2, -0.15) is 0 Å². The Kier molecular flexibility index (Phi) is 6.52. The van der Waals surface area contributed by atoms with Gasteiger partial charge in [0.25, 0.3) is 0 Å². The Morgan fingerprint density at radius 1 is 1.14 bits per heavy atom. The molecule has 1 saturated heterocycles. The van der Waals surface area contributed by atoms with Crippen molar-refractivity contribution in [2.75, 3.05) is 45.9 Å². The molecule has 5 nitrogen and oxygen atoms in total. The number of ether oxygens (including phenoxy) is 2. The molecular weight excluding hydrogens is 280 g/mol. The number of benzene rings is 1. The predicted octanol–water partition coefficient (Wildman–Crippen LogP) is 2.48. The standard InChI is InChI=1S/C17H26N2O3/c1-15(2)14-22-17(20)19-10-8-18(9-11-19)12-13-21-16-6-4-3-5-7-16/h3-7,15H,8-14H2,1-2H3. The van der Waals surface area contributed by atoms with E-state index in [1.54, 1.807) is 4.90 Å². The van der Waals surface area contributed by atoms with E-state index in [0.29, 0.717) is 19.1 Å². The van der Waals surface area contributed by atoms with Crippen LogP contribution < -0.4 is 4.74 Å². The molecule has 1 aliphatic heterocycles. The SMILES string of the molecule is CC(C)COC(=O)N1CCN(CCOc2ccccc2)CC1. The maximum Gasteiger partial charge on any atom is 0.409 e. The maximum atomic E-state index is 11.9. The molecular formula is C17H26N2O3. The number of hydrogen-bond acceptors (Lipinski definition) is 4. The smallest absolute Gasteiger partial charge is 0.409 e. The average molecular weight is 306 g/mol. The molecule has 0 saturated carbocycles. The lowest BCUT2D eigenvalue weighted by molar-refractivity contribution is 0.0661. The summed E-state index contributed by atoms with van der Waals surface area (Å²) in [6.45, 7) is 9.31. The zero-order valence-electron chi connectivity index (χ0n) is 13.5. The largest absolute Gasteiger partial charge is 0.492 e. The summed E-state index contributed by atoms with van der Waals surface area (Å²) < 4.78 is 11.0. The number of rotatable bonds is 6. The van der Waals surface area contributed by atoms with Crippen LogP contribution in [0.3, 0.4) is 0 Å². The molecule has 1 amide bonds. The summed E-state index contributed by atoms with van der Waals surface area (Å²) in [5, 5.41) is 0. The number of carbonyl (C=O) groups is 1. The second-order valence-corrected chi connectivity index (χ2v) is 5.96. The highest BCUT2D eigenvalue weighted by Crippen LogP contribution is 2.09.